The standard InChI is InChI=1S/C6H8N2O2/c1-5(10)8-3-2-7-6(8)4-9/h2-5,10H,1H3. The third kappa shape index (κ3) is 1.06. The molecule has 0 aliphatic heterocycles. The second kappa shape index (κ2) is 2.62. The van der Waals surface area contributed by atoms with E-state index < -0.39 is 6.23 Å². The molecule has 1 aromatic rings. The third-order valence-electron chi connectivity index (χ3n) is 1.21. The fraction of sp³-hybridized carbons (Fsp3) is 0.333. The summed E-state index contributed by atoms with van der Waals surface area (Å²) in [5.41, 5.74) is 0. The van der Waals surface area contributed by atoms with E-state index in [0.717, 1.165) is 0 Å². The molecule has 0 bridgehead atoms. The highest BCUT2D eigenvalue weighted by Crippen LogP contribution is 2.02. The van der Waals surface area contributed by atoms with E-state index in [9.17, 15) is 4.79 Å². The van der Waals surface area contributed by atoms with Gasteiger partial charge < -0.3 is 9.67 Å². The van der Waals surface area contributed by atoms with E-state index >= 15 is 0 Å². The van der Waals surface area contributed by atoms with Crippen LogP contribution in [0.4, 0.5) is 0 Å². The van der Waals surface area contributed by atoms with Crippen LogP contribution in [0.2, 0.25) is 0 Å². The molecular weight excluding hydrogens is 132 g/mol. The molecule has 0 radical (unpaired) electrons. The Balaban J connectivity index is 3.01. The smallest absolute Gasteiger partial charge is 0.185 e. The van der Waals surface area contributed by atoms with Crippen molar-refractivity contribution in [1.29, 1.82) is 0 Å². The molecule has 1 rings (SSSR count). The molecule has 0 amide bonds. The quantitative estimate of drug-likeness (QED) is 0.597. The highest BCUT2D eigenvalue weighted by Gasteiger charge is 2.03. The van der Waals surface area contributed by atoms with Gasteiger partial charge in [-0.3, -0.25) is 4.79 Å². The Morgan fingerprint density at radius 1 is 1.90 bits per heavy atom. The van der Waals surface area contributed by atoms with Crippen LogP contribution < -0.4 is 0 Å². The van der Waals surface area contributed by atoms with Crippen molar-refractivity contribution in [3.8, 4) is 0 Å². The van der Waals surface area contributed by atoms with Gasteiger partial charge in [0.25, 0.3) is 0 Å². The maximum atomic E-state index is 10.2. The predicted octanol–water partition coefficient (Wildman–Crippen LogP) is 0.206. The first-order chi connectivity index (χ1) is 4.75. The summed E-state index contributed by atoms with van der Waals surface area (Å²) >= 11 is 0. The molecule has 4 heteroatoms. The van der Waals surface area contributed by atoms with Crippen molar-refractivity contribution >= 4 is 6.29 Å². The maximum Gasteiger partial charge on any atom is 0.185 e. The molecule has 1 heterocycles. The van der Waals surface area contributed by atoms with Crippen LogP contribution in [0.15, 0.2) is 12.4 Å². The Hall–Kier alpha value is -1.16. The second-order valence-corrected chi connectivity index (χ2v) is 1.94. The minimum absolute atomic E-state index is 0.245. The molecule has 1 unspecified atom stereocenters. The average molecular weight is 140 g/mol. The fourth-order valence-electron chi connectivity index (χ4n) is 0.732. The maximum absolute atomic E-state index is 10.2. The summed E-state index contributed by atoms with van der Waals surface area (Å²) in [5, 5.41) is 8.99. The van der Waals surface area contributed by atoms with Crippen molar-refractivity contribution < 1.29 is 9.90 Å². The molecule has 0 aromatic carbocycles. The van der Waals surface area contributed by atoms with Gasteiger partial charge in [0.15, 0.2) is 12.1 Å². The van der Waals surface area contributed by atoms with Gasteiger partial charge in [-0.25, -0.2) is 4.98 Å². The molecule has 1 aromatic heterocycles. The summed E-state index contributed by atoms with van der Waals surface area (Å²) in [4.78, 5) is 13.9. The topological polar surface area (TPSA) is 55.1 Å². The van der Waals surface area contributed by atoms with Crippen LogP contribution in [0.1, 0.15) is 23.8 Å². The van der Waals surface area contributed by atoms with Gasteiger partial charge >= 0.3 is 0 Å². The summed E-state index contributed by atoms with van der Waals surface area (Å²) < 4.78 is 1.38. The Morgan fingerprint density at radius 2 is 2.60 bits per heavy atom. The molecule has 10 heavy (non-hydrogen) atoms. The molecule has 54 valence electrons. The van der Waals surface area contributed by atoms with E-state index in [1.807, 2.05) is 0 Å². The summed E-state index contributed by atoms with van der Waals surface area (Å²) in [7, 11) is 0. The molecule has 0 fully saturated rings. The lowest BCUT2D eigenvalue weighted by molar-refractivity contribution is 0.103. The predicted molar refractivity (Wildman–Crippen MR) is 34.5 cm³/mol. The number of carbonyl (C=O) groups excluding carboxylic acids is 1. The first-order valence-electron chi connectivity index (χ1n) is 2.92. The van der Waals surface area contributed by atoms with Crippen molar-refractivity contribution in [3.63, 3.8) is 0 Å². The van der Waals surface area contributed by atoms with Crippen LogP contribution in [-0.2, 0) is 0 Å². The third-order valence-corrected chi connectivity index (χ3v) is 1.21. The number of imidazole rings is 1. The molecule has 4 nitrogen and oxygen atoms in total. The molecular formula is C6H8N2O2. The Labute approximate surface area is 58.1 Å². The number of carbonyl (C=O) groups is 1. The number of aliphatic hydroxyl groups excluding tert-OH is 1. The first kappa shape index (κ1) is 6.95. The largest absolute Gasteiger partial charge is 0.374 e. The first-order valence-corrected chi connectivity index (χ1v) is 2.92. The zero-order chi connectivity index (χ0) is 7.56. The minimum atomic E-state index is -0.692. The normalized spacial score (nSPS) is 13.0. The van der Waals surface area contributed by atoms with Gasteiger partial charge in [-0.15, -0.1) is 0 Å². The minimum Gasteiger partial charge on any atom is -0.374 e. The summed E-state index contributed by atoms with van der Waals surface area (Å²) in [6.45, 7) is 1.56. The van der Waals surface area contributed by atoms with Gasteiger partial charge in [-0.1, -0.05) is 0 Å². The van der Waals surface area contributed by atoms with Crippen LogP contribution >= 0.6 is 0 Å². The van der Waals surface area contributed by atoms with Crippen LogP contribution in [-0.4, -0.2) is 20.9 Å². The van der Waals surface area contributed by atoms with Gasteiger partial charge in [0.1, 0.15) is 6.23 Å². The summed E-state index contributed by atoms with van der Waals surface area (Å²) in [5.74, 6) is 0.245. The van der Waals surface area contributed by atoms with Crippen molar-refractivity contribution in [2.75, 3.05) is 0 Å². The van der Waals surface area contributed by atoms with E-state index in [1.54, 1.807) is 13.1 Å². The highest BCUT2D eigenvalue weighted by atomic mass is 16.3. The Morgan fingerprint density at radius 3 is 3.00 bits per heavy atom. The fourth-order valence-corrected chi connectivity index (χ4v) is 0.732. The average Bonchev–Trinajstić information content (AvgIpc) is 2.33. The molecule has 1 atom stereocenters. The molecule has 0 aliphatic carbocycles. The van der Waals surface area contributed by atoms with Crippen LogP contribution in [0.5, 0.6) is 0 Å². The molecule has 0 spiro atoms. The number of aliphatic hydroxyl groups is 1. The van der Waals surface area contributed by atoms with Crippen LogP contribution in [0.25, 0.3) is 0 Å². The number of hydrogen-bond donors (Lipinski definition) is 1. The summed E-state index contributed by atoms with van der Waals surface area (Å²) in [6.07, 6.45) is 2.93. The lowest BCUT2D eigenvalue weighted by atomic mass is 10.6. The number of aldehydes is 1. The van der Waals surface area contributed by atoms with Crippen molar-refractivity contribution in [3.05, 3.63) is 18.2 Å². The molecule has 1 N–H and O–H groups in total. The van der Waals surface area contributed by atoms with E-state index in [2.05, 4.69) is 4.98 Å². The lowest BCUT2D eigenvalue weighted by Gasteiger charge is -2.05. The molecule has 0 saturated carbocycles. The Bertz CT molecular complexity index is 229. The van der Waals surface area contributed by atoms with Gasteiger partial charge in [-0.05, 0) is 6.92 Å². The van der Waals surface area contributed by atoms with E-state index in [0.29, 0.717) is 6.29 Å². The van der Waals surface area contributed by atoms with Gasteiger partial charge in [0.05, 0.1) is 0 Å². The number of hydrogen-bond acceptors (Lipinski definition) is 3. The van der Waals surface area contributed by atoms with E-state index in [-0.39, 0.29) is 5.82 Å². The number of aromatic nitrogens is 2. The summed E-state index contributed by atoms with van der Waals surface area (Å²) in [6, 6.07) is 0. The van der Waals surface area contributed by atoms with Crippen LogP contribution in [0, 0.1) is 0 Å². The molecule has 0 saturated heterocycles. The van der Waals surface area contributed by atoms with Crippen LogP contribution in [0.3, 0.4) is 0 Å². The van der Waals surface area contributed by atoms with Crippen molar-refractivity contribution in [1.82, 2.24) is 9.55 Å². The zero-order valence-corrected chi connectivity index (χ0v) is 5.56. The molecule has 0 aliphatic rings. The SMILES string of the molecule is CC(O)n1ccnc1C=O. The number of rotatable bonds is 2. The van der Waals surface area contributed by atoms with Crippen molar-refractivity contribution in [2.24, 2.45) is 0 Å². The highest BCUT2D eigenvalue weighted by molar-refractivity contribution is 5.69. The van der Waals surface area contributed by atoms with Crippen molar-refractivity contribution in [2.45, 2.75) is 13.2 Å². The van der Waals surface area contributed by atoms with Gasteiger partial charge in [-0.2, -0.15) is 0 Å². The van der Waals surface area contributed by atoms with Gasteiger partial charge in [0, 0.05) is 12.4 Å². The monoisotopic (exact) mass is 140 g/mol. The van der Waals surface area contributed by atoms with Gasteiger partial charge in [0.2, 0.25) is 0 Å². The van der Waals surface area contributed by atoms with E-state index in [4.69, 9.17) is 5.11 Å². The Kier molecular flexibility index (Phi) is 1.82. The number of nitrogens with zero attached hydrogens (tertiary/aromatic N) is 2. The second-order valence-electron chi connectivity index (χ2n) is 1.94. The van der Waals surface area contributed by atoms with E-state index in [1.165, 1.54) is 10.8 Å². The zero-order valence-electron chi connectivity index (χ0n) is 5.56. The lowest BCUT2D eigenvalue weighted by Crippen LogP contribution is -2.06.